The van der Waals surface area contributed by atoms with Crippen LogP contribution in [0.3, 0.4) is 0 Å². The van der Waals surface area contributed by atoms with Gasteiger partial charge in [0.25, 0.3) is 0 Å². The van der Waals surface area contributed by atoms with Crippen molar-refractivity contribution in [2.45, 2.75) is 356 Å². The molecule has 0 saturated heterocycles. The molecule has 0 aromatic heterocycles. The first-order valence-electron chi connectivity index (χ1n) is 35.7. The van der Waals surface area contributed by atoms with Gasteiger partial charge in [-0.3, -0.25) is 37.3 Å². The Hall–Kier alpha value is -1.94. The average molecular weight is 1300 g/mol. The molecule has 17 nitrogen and oxygen atoms in total. The molecule has 0 aliphatic carbocycles. The van der Waals surface area contributed by atoms with E-state index in [1.807, 2.05) is 0 Å². The van der Waals surface area contributed by atoms with Crippen LogP contribution in [0.15, 0.2) is 0 Å². The number of phosphoric acid groups is 2. The lowest BCUT2D eigenvalue weighted by Crippen LogP contribution is -2.30. The normalized spacial score (nSPS) is 14.6. The fourth-order valence-corrected chi connectivity index (χ4v) is 11.9. The second-order valence-corrected chi connectivity index (χ2v) is 29.5. The Labute approximate surface area is 537 Å². The summed E-state index contributed by atoms with van der Waals surface area (Å²) in [4.78, 5) is 72.5. The standard InChI is InChI=1S/C69H134O17P2/c1-9-62(8)48-40-32-24-17-19-27-35-43-51-68(73)85-64(55-79-66(71)49-41-33-25-15-13-11-10-12-14-21-29-37-45-59(2)3)57-83-87(75,76)81-53-63(70)54-82-88(77,78)84-58-65(86-69(74)52-44-36-28-20-23-31-39-47-61(6)7)56-80-67(72)50-42-34-26-18-16-22-30-38-46-60(4)5/h59-65,70H,9-58H2,1-8H3,(H,75,76)(H,77,78)/t62?,63?,64-,65-/m1/s1. The predicted molar refractivity (Wildman–Crippen MR) is 354 cm³/mol. The number of carbonyl (C=O) groups excluding carboxylic acids is 4. The van der Waals surface area contributed by atoms with E-state index in [4.69, 9.17) is 37.0 Å². The zero-order valence-corrected chi connectivity index (χ0v) is 59.1. The van der Waals surface area contributed by atoms with E-state index < -0.39 is 97.5 Å². The first kappa shape index (κ1) is 86.1. The first-order chi connectivity index (χ1) is 42.1. The summed E-state index contributed by atoms with van der Waals surface area (Å²) >= 11 is 0. The van der Waals surface area contributed by atoms with Gasteiger partial charge in [-0.2, -0.15) is 0 Å². The maximum atomic E-state index is 13.0. The number of ether oxygens (including phenoxy) is 4. The van der Waals surface area contributed by atoms with Crippen molar-refractivity contribution in [3.63, 3.8) is 0 Å². The van der Waals surface area contributed by atoms with Crippen LogP contribution in [-0.4, -0.2) is 96.7 Å². The Balaban J connectivity index is 5.25. The van der Waals surface area contributed by atoms with Crippen LogP contribution in [0.25, 0.3) is 0 Å². The average Bonchev–Trinajstić information content (AvgIpc) is 3.69. The highest BCUT2D eigenvalue weighted by molar-refractivity contribution is 7.47. The number of aliphatic hydroxyl groups is 1. The van der Waals surface area contributed by atoms with Crippen molar-refractivity contribution in [3.8, 4) is 0 Å². The lowest BCUT2D eigenvalue weighted by molar-refractivity contribution is -0.161. The zero-order valence-electron chi connectivity index (χ0n) is 57.3. The first-order valence-corrected chi connectivity index (χ1v) is 38.7. The van der Waals surface area contributed by atoms with Crippen LogP contribution in [0, 0.1) is 23.7 Å². The SMILES string of the molecule is CCC(C)CCCCCCCCCCC(=O)O[C@H](COC(=O)CCCCCCCCCCCCCCC(C)C)COP(=O)(O)OCC(O)COP(=O)(O)OC[C@@H](COC(=O)CCCCCCCCCCC(C)C)OC(=O)CCCCCCCCCC(C)C. The van der Waals surface area contributed by atoms with E-state index in [1.54, 1.807) is 0 Å². The molecule has 6 atom stereocenters. The van der Waals surface area contributed by atoms with Gasteiger partial charge in [0.05, 0.1) is 26.4 Å². The van der Waals surface area contributed by atoms with Crippen LogP contribution >= 0.6 is 15.6 Å². The molecule has 0 aliphatic rings. The van der Waals surface area contributed by atoms with Gasteiger partial charge in [-0.25, -0.2) is 9.13 Å². The molecule has 0 bridgehead atoms. The lowest BCUT2D eigenvalue weighted by atomic mass is 9.99. The molecular formula is C69H134O17P2. The van der Waals surface area contributed by atoms with Gasteiger partial charge < -0.3 is 33.8 Å². The molecule has 522 valence electrons. The predicted octanol–water partition coefficient (Wildman–Crippen LogP) is 19.3. The van der Waals surface area contributed by atoms with Crippen molar-refractivity contribution < 1.29 is 80.2 Å². The Kier molecular flexibility index (Phi) is 57.6. The third-order valence-corrected chi connectivity index (χ3v) is 18.1. The fourth-order valence-electron chi connectivity index (χ4n) is 10.3. The second kappa shape index (κ2) is 58.8. The molecule has 0 rings (SSSR count). The van der Waals surface area contributed by atoms with E-state index >= 15 is 0 Å². The molecule has 0 saturated carbocycles. The van der Waals surface area contributed by atoms with Crippen LogP contribution < -0.4 is 0 Å². The van der Waals surface area contributed by atoms with Crippen LogP contribution in [0.1, 0.15) is 338 Å². The molecule has 0 radical (unpaired) electrons. The molecule has 0 amide bonds. The summed E-state index contributed by atoms with van der Waals surface area (Å²) in [5.41, 5.74) is 0. The molecule has 0 heterocycles. The van der Waals surface area contributed by atoms with E-state index in [2.05, 4.69) is 55.4 Å². The van der Waals surface area contributed by atoms with Crippen molar-refractivity contribution in [2.75, 3.05) is 39.6 Å². The maximum absolute atomic E-state index is 13.0. The van der Waals surface area contributed by atoms with Gasteiger partial charge in [-0.1, -0.05) is 287 Å². The second-order valence-electron chi connectivity index (χ2n) is 26.6. The summed E-state index contributed by atoms with van der Waals surface area (Å²) in [6, 6.07) is 0. The van der Waals surface area contributed by atoms with Gasteiger partial charge in [0, 0.05) is 25.7 Å². The molecule has 4 unspecified atom stereocenters. The monoisotopic (exact) mass is 1300 g/mol. The van der Waals surface area contributed by atoms with Crippen LogP contribution in [-0.2, 0) is 65.4 Å². The summed E-state index contributed by atoms with van der Waals surface area (Å²) in [6.45, 7) is 14.0. The Morgan fingerprint density at radius 3 is 0.807 bits per heavy atom. The van der Waals surface area contributed by atoms with Crippen LogP contribution in [0.5, 0.6) is 0 Å². The largest absolute Gasteiger partial charge is 0.472 e. The zero-order chi connectivity index (χ0) is 65.4. The smallest absolute Gasteiger partial charge is 0.462 e. The minimum Gasteiger partial charge on any atom is -0.462 e. The molecule has 19 heteroatoms. The van der Waals surface area contributed by atoms with Crippen molar-refractivity contribution in [2.24, 2.45) is 23.7 Å². The molecule has 0 aromatic carbocycles. The topological polar surface area (TPSA) is 237 Å². The number of aliphatic hydroxyl groups excluding tert-OH is 1. The van der Waals surface area contributed by atoms with E-state index in [0.29, 0.717) is 31.6 Å². The number of phosphoric ester groups is 2. The third-order valence-electron chi connectivity index (χ3n) is 16.2. The van der Waals surface area contributed by atoms with Crippen LogP contribution in [0.2, 0.25) is 0 Å². The number of carbonyl (C=O) groups is 4. The van der Waals surface area contributed by atoms with Crippen LogP contribution in [0.4, 0.5) is 0 Å². The van der Waals surface area contributed by atoms with E-state index in [9.17, 15) is 43.2 Å². The molecule has 0 fully saturated rings. The number of rotatable bonds is 66. The summed E-state index contributed by atoms with van der Waals surface area (Å²) in [6.07, 6.45) is 40.4. The molecule has 0 aliphatic heterocycles. The highest BCUT2D eigenvalue weighted by Crippen LogP contribution is 2.45. The number of hydrogen-bond donors (Lipinski definition) is 3. The Morgan fingerprint density at radius 1 is 0.318 bits per heavy atom. The number of unbranched alkanes of at least 4 members (excludes halogenated alkanes) is 31. The quantitative estimate of drug-likeness (QED) is 0.0222. The highest BCUT2D eigenvalue weighted by Gasteiger charge is 2.30. The molecule has 0 spiro atoms. The summed E-state index contributed by atoms with van der Waals surface area (Å²) < 4.78 is 68.2. The van der Waals surface area contributed by atoms with E-state index in [1.165, 1.54) is 141 Å². The minimum absolute atomic E-state index is 0.102. The van der Waals surface area contributed by atoms with Gasteiger partial charge >= 0.3 is 39.5 Å². The minimum atomic E-state index is -4.95. The van der Waals surface area contributed by atoms with Gasteiger partial charge in [-0.05, 0) is 49.4 Å². The maximum Gasteiger partial charge on any atom is 0.472 e. The molecule has 88 heavy (non-hydrogen) atoms. The summed E-state index contributed by atoms with van der Waals surface area (Å²) in [5, 5.41) is 10.6. The van der Waals surface area contributed by atoms with E-state index in [0.717, 1.165) is 108 Å². The van der Waals surface area contributed by atoms with Gasteiger partial charge in [-0.15, -0.1) is 0 Å². The fraction of sp³-hybridized carbons (Fsp3) is 0.942. The van der Waals surface area contributed by atoms with Crippen molar-refractivity contribution in [1.29, 1.82) is 0 Å². The van der Waals surface area contributed by atoms with Gasteiger partial charge in [0.2, 0.25) is 0 Å². The van der Waals surface area contributed by atoms with Crippen molar-refractivity contribution in [1.82, 2.24) is 0 Å². The number of esters is 4. The summed E-state index contributed by atoms with van der Waals surface area (Å²) in [5.74, 6) is 0.839. The Morgan fingerprint density at radius 2 is 0.545 bits per heavy atom. The Bertz CT molecular complexity index is 1750. The third kappa shape index (κ3) is 61.6. The van der Waals surface area contributed by atoms with Gasteiger partial charge in [0.15, 0.2) is 12.2 Å². The highest BCUT2D eigenvalue weighted by atomic mass is 31.2. The molecule has 3 N–H and O–H groups in total. The van der Waals surface area contributed by atoms with Crippen molar-refractivity contribution >= 4 is 39.5 Å². The summed E-state index contributed by atoms with van der Waals surface area (Å²) in [7, 11) is -9.90. The molecular weight excluding hydrogens is 1160 g/mol. The van der Waals surface area contributed by atoms with E-state index in [-0.39, 0.29) is 25.7 Å². The lowest BCUT2D eigenvalue weighted by Gasteiger charge is -2.21. The van der Waals surface area contributed by atoms with Gasteiger partial charge in [0.1, 0.15) is 19.3 Å². The molecule has 0 aromatic rings. The van der Waals surface area contributed by atoms with Crippen molar-refractivity contribution in [3.05, 3.63) is 0 Å². The number of hydrogen-bond acceptors (Lipinski definition) is 15.